The highest BCUT2D eigenvalue weighted by atomic mass is 19.1. The first-order valence-corrected chi connectivity index (χ1v) is 23.3. The first-order chi connectivity index (χ1) is 33.8. The first kappa shape index (κ1) is 53.8. The van der Waals surface area contributed by atoms with Crippen molar-refractivity contribution in [3.8, 4) is 40.2 Å². The van der Waals surface area contributed by atoms with Gasteiger partial charge in [0.25, 0.3) is 0 Å². The summed E-state index contributed by atoms with van der Waals surface area (Å²) in [4.78, 5) is 54.7. The minimum absolute atomic E-state index is 0.0673. The minimum atomic E-state index is -1.19. The third-order valence-electron chi connectivity index (χ3n) is 12.0. The maximum Gasteiger partial charge on any atom is 0.411 e. The van der Waals surface area contributed by atoms with E-state index in [1.165, 1.54) is 49.5 Å². The Bertz CT molecular complexity index is 2810. The molecule has 0 aromatic heterocycles. The van der Waals surface area contributed by atoms with Gasteiger partial charge >= 0.3 is 18.2 Å². The van der Waals surface area contributed by atoms with Gasteiger partial charge < -0.3 is 43.6 Å². The number of benzene rings is 5. The molecule has 72 heavy (non-hydrogen) atoms. The number of aliphatic carboxylic acids is 1. The number of carbonyl (C=O) groups is 4. The molecule has 0 fully saturated rings. The van der Waals surface area contributed by atoms with Crippen LogP contribution in [-0.2, 0) is 43.0 Å². The zero-order valence-corrected chi connectivity index (χ0v) is 42.6. The largest absolute Gasteiger partial charge is 0.497 e. The van der Waals surface area contributed by atoms with Crippen LogP contribution in [0.1, 0.15) is 90.5 Å². The fourth-order valence-corrected chi connectivity index (χ4v) is 8.78. The van der Waals surface area contributed by atoms with E-state index in [1.807, 2.05) is 13.0 Å². The lowest BCUT2D eigenvalue weighted by Crippen LogP contribution is -2.54. The molecule has 7 rings (SSSR count). The molecule has 2 aliphatic heterocycles. The molecule has 0 saturated heterocycles. The molecule has 0 bridgehead atoms. The van der Waals surface area contributed by atoms with Crippen LogP contribution in [0.4, 0.5) is 24.1 Å². The van der Waals surface area contributed by atoms with E-state index in [0.29, 0.717) is 71.5 Å². The van der Waals surface area contributed by atoms with Crippen LogP contribution in [0.25, 0.3) is 0 Å². The maximum absolute atomic E-state index is 13.9. The van der Waals surface area contributed by atoms with Gasteiger partial charge in [-0.25, -0.2) is 18.4 Å². The highest BCUT2D eigenvalue weighted by Crippen LogP contribution is 2.47. The highest BCUT2D eigenvalue weighted by Gasteiger charge is 2.47. The average Bonchev–Trinajstić information content (AvgIpc) is 3.28. The van der Waals surface area contributed by atoms with Crippen LogP contribution in [0.15, 0.2) is 97.1 Å². The molecule has 5 aromatic rings. The van der Waals surface area contributed by atoms with Crippen LogP contribution >= 0.6 is 0 Å². The predicted molar refractivity (Wildman–Crippen MR) is 265 cm³/mol. The lowest BCUT2D eigenvalue weighted by molar-refractivity contribution is -0.140. The molecule has 15 nitrogen and oxygen atoms in total. The van der Waals surface area contributed by atoms with Gasteiger partial charge in [0.05, 0.1) is 45.2 Å². The molecule has 0 aliphatic carbocycles. The quantitative estimate of drug-likeness (QED) is 0.121. The van der Waals surface area contributed by atoms with E-state index in [9.17, 15) is 33.1 Å². The molecule has 2 N–H and O–H groups in total. The molecule has 5 aromatic carbocycles. The lowest BCUT2D eigenvalue weighted by atomic mass is 9.79. The predicted octanol–water partition coefficient (Wildman–Crippen LogP) is 11.8. The lowest BCUT2D eigenvalue weighted by Gasteiger charge is -2.46. The number of carbonyl (C=O) groups excluding carboxylic acids is 3. The molecule has 0 saturated carbocycles. The molecule has 0 spiro atoms. The van der Waals surface area contributed by atoms with Gasteiger partial charge in [-0.15, -0.1) is 0 Å². The summed E-state index contributed by atoms with van der Waals surface area (Å²) in [6.45, 7) is 14.8. The molecule has 0 unspecified atom stereocenters. The summed E-state index contributed by atoms with van der Waals surface area (Å²) in [5.74, 6) is 0.408. The highest BCUT2D eigenvalue weighted by molar-refractivity contribution is 5.92. The van der Waals surface area contributed by atoms with Crippen LogP contribution in [0.5, 0.6) is 40.2 Å². The number of nitrogens with one attached hydrogen (secondary N) is 1. The number of fused-ring (bicyclic) bond motifs is 2. The van der Waals surface area contributed by atoms with E-state index < -0.39 is 52.1 Å². The Morgan fingerprint density at radius 2 is 1.01 bits per heavy atom. The summed E-state index contributed by atoms with van der Waals surface area (Å²) < 4.78 is 67.0. The molecular formula is C55H63F2N3O12. The van der Waals surface area contributed by atoms with Gasteiger partial charge in [-0.05, 0) is 151 Å². The number of nitrogens with zero attached hydrogens (tertiary/aromatic N) is 2. The third kappa shape index (κ3) is 13.0. The van der Waals surface area contributed by atoms with E-state index in [2.05, 4.69) is 5.32 Å². The number of anilines is 1. The second kappa shape index (κ2) is 21.8. The van der Waals surface area contributed by atoms with Gasteiger partial charge in [-0.3, -0.25) is 19.4 Å². The van der Waals surface area contributed by atoms with E-state index in [4.69, 9.17) is 33.2 Å². The van der Waals surface area contributed by atoms with Crippen molar-refractivity contribution < 1.29 is 66.2 Å². The number of carboxylic acid groups (broad SMARTS) is 1. The Balaban J connectivity index is 0.000000241. The van der Waals surface area contributed by atoms with Gasteiger partial charge in [-0.2, -0.15) is 0 Å². The van der Waals surface area contributed by atoms with E-state index in [1.54, 1.807) is 121 Å². The summed E-state index contributed by atoms with van der Waals surface area (Å²) in [6.07, 6.45) is -0.514. The topological polar surface area (TPSA) is 172 Å². The second-order valence-corrected chi connectivity index (χ2v) is 19.8. The fourth-order valence-electron chi connectivity index (χ4n) is 8.78. The standard InChI is InChI=1S/C31H35FN2O6.C24H28FNO6/c1-30(2,3)40-29(36)34-14-13-20-15-26(38-6)27(39-24-12-7-9-21(32)16-24)18-25(20)31(34,4)19-28(35)33-22-10-8-11-23(17-22)37-5;1-23(2,3)32-22(29)26-10-9-15-11-19(30-5)20(31-17-8-6-7-16(25)12-17)13-18(15)24(26,4)14-21(27)28/h7-12,15-18H,13-14,19H2,1-6H3,(H,33,35);6-8,11-13H,9-10,14H2,1-5H3,(H,27,28)/t31-;24-/m11/s1. The number of halogens is 2. The van der Waals surface area contributed by atoms with Crippen molar-refractivity contribution in [2.24, 2.45) is 0 Å². The van der Waals surface area contributed by atoms with E-state index in [-0.39, 0.29) is 30.2 Å². The number of hydrogen-bond acceptors (Lipinski definition) is 11. The van der Waals surface area contributed by atoms with Crippen molar-refractivity contribution in [3.63, 3.8) is 0 Å². The maximum atomic E-state index is 13.9. The first-order valence-electron chi connectivity index (χ1n) is 23.3. The van der Waals surface area contributed by atoms with Crippen LogP contribution in [0.2, 0.25) is 0 Å². The second-order valence-electron chi connectivity index (χ2n) is 19.8. The van der Waals surface area contributed by atoms with Crippen LogP contribution in [0.3, 0.4) is 0 Å². The van der Waals surface area contributed by atoms with Crippen molar-refractivity contribution in [1.82, 2.24) is 9.80 Å². The zero-order valence-electron chi connectivity index (χ0n) is 42.6. The van der Waals surface area contributed by atoms with Crippen LogP contribution in [0, 0.1) is 11.6 Å². The Kier molecular flexibility index (Phi) is 16.3. The molecule has 2 heterocycles. The van der Waals surface area contributed by atoms with E-state index >= 15 is 0 Å². The normalized spacial score (nSPS) is 17.2. The van der Waals surface area contributed by atoms with Gasteiger partial charge in [-0.1, -0.05) is 18.2 Å². The number of amides is 3. The summed E-state index contributed by atoms with van der Waals surface area (Å²) in [5.41, 5.74) is -0.115. The summed E-state index contributed by atoms with van der Waals surface area (Å²) in [5, 5.41) is 12.6. The zero-order chi connectivity index (χ0) is 52.8. The van der Waals surface area contributed by atoms with Crippen molar-refractivity contribution in [1.29, 1.82) is 0 Å². The Morgan fingerprint density at radius 3 is 1.42 bits per heavy atom. The summed E-state index contributed by atoms with van der Waals surface area (Å²) in [6, 6.07) is 25.5. The van der Waals surface area contributed by atoms with Gasteiger partial charge in [0.1, 0.15) is 40.1 Å². The van der Waals surface area contributed by atoms with Crippen molar-refractivity contribution in [2.45, 2.75) is 103 Å². The number of hydrogen-bond donors (Lipinski definition) is 2. The van der Waals surface area contributed by atoms with Gasteiger partial charge in [0.15, 0.2) is 23.0 Å². The van der Waals surface area contributed by atoms with Gasteiger partial charge in [0.2, 0.25) is 5.91 Å². The van der Waals surface area contributed by atoms with Gasteiger partial charge in [0, 0.05) is 37.0 Å². The third-order valence-corrected chi connectivity index (χ3v) is 12.0. The molecule has 3 amide bonds. The average molecular weight is 996 g/mol. The molecule has 2 atom stereocenters. The number of rotatable bonds is 12. The summed E-state index contributed by atoms with van der Waals surface area (Å²) in [7, 11) is 4.57. The number of carboxylic acids is 1. The SMILES string of the molecule is COc1cc2c(cc1Oc1cccc(F)c1)[C@@](C)(CC(=O)O)N(C(=O)OC(C)(C)C)CC2.COc1cccc(NC(=O)C[C@]2(C)c3cc(Oc4cccc(F)c4)c(OC)cc3CCN2C(=O)OC(C)(C)C)c1. The number of ether oxygens (including phenoxy) is 7. The molecule has 17 heteroatoms. The minimum Gasteiger partial charge on any atom is -0.497 e. The van der Waals surface area contributed by atoms with E-state index in [0.717, 1.165) is 11.1 Å². The number of methoxy groups -OCH3 is 3. The Labute approximate surface area is 418 Å². The van der Waals surface area contributed by atoms with Crippen molar-refractivity contribution in [3.05, 3.63) is 131 Å². The smallest absolute Gasteiger partial charge is 0.411 e. The Hall–Kier alpha value is -7.56. The molecule has 2 aliphatic rings. The van der Waals surface area contributed by atoms with Crippen LogP contribution < -0.4 is 29.0 Å². The fraction of sp³-hybridized carbons (Fsp3) is 0.382. The molecule has 0 radical (unpaired) electrons. The van der Waals surface area contributed by atoms with Crippen molar-refractivity contribution >= 4 is 29.8 Å². The summed E-state index contributed by atoms with van der Waals surface area (Å²) >= 11 is 0. The molecule has 384 valence electrons. The molecular weight excluding hydrogens is 933 g/mol. The van der Waals surface area contributed by atoms with Crippen molar-refractivity contribution in [2.75, 3.05) is 39.7 Å². The van der Waals surface area contributed by atoms with Crippen LogP contribution in [-0.4, -0.2) is 84.6 Å². The monoisotopic (exact) mass is 995 g/mol. The Morgan fingerprint density at radius 1 is 0.583 bits per heavy atom.